The second kappa shape index (κ2) is 4.07. The van der Waals surface area contributed by atoms with E-state index in [1.807, 2.05) is 18.2 Å². The SMILES string of the molecule is O=C1C=C2Nc3cc(CCO)ccc3O[C@]23CO[C@@]1(O)C3. The highest BCUT2D eigenvalue weighted by atomic mass is 16.7. The molecule has 4 rings (SSSR count). The van der Waals surface area contributed by atoms with Crippen LogP contribution in [0.25, 0.3) is 0 Å². The average molecular weight is 289 g/mol. The predicted octanol–water partition coefficient (Wildman–Crippen LogP) is 0.340. The van der Waals surface area contributed by atoms with Crippen LogP contribution in [0.4, 0.5) is 5.69 Å². The molecule has 1 fully saturated rings. The maximum absolute atomic E-state index is 11.9. The molecule has 21 heavy (non-hydrogen) atoms. The maximum Gasteiger partial charge on any atom is 0.235 e. The van der Waals surface area contributed by atoms with E-state index in [4.69, 9.17) is 14.6 Å². The normalized spacial score (nSPS) is 32.7. The number of rotatable bonds is 2. The Morgan fingerprint density at radius 2 is 2.24 bits per heavy atom. The summed E-state index contributed by atoms with van der Waals surface area (Å²) in [6, 6.07) is 5.60. The van der Waals surface area contributed by atoms with Gasteiger partial charge in [0.1, 0.15) is 5.75 Å². The number of aliphatic hydroxyl groups excluding tert-OH is 1. The molecule has 6 nitrogen and oxygen atoms in total. The lowest BCUT2D eigenvalue weighted by atomic mass is 9.85. The number of carbonyl (C=O) groups excluding carboxylic acids is 1. The fourth-order valence-corrected chi connectivity index (χ4v) is 3.11. The standard InChI is InChI=1S/C15H15NO5/c17-4-3-9-1-2-11-10(5-9)16-12-6-13(18)15(19)7-14(12,21-11)8-20-15/h1-2,5-6,16-17,19H,3-4,7-8H2/t14-,15+/m1/s1. The van der Waals surface area contributed by atoms with Gasteiger partial charge in [-0.05, 0) is 24.1 Å². The van der Waals surface area contributed by atoms with Crippen molar-refractivity contribution in [1.82, 2.24) is 0 Å². The number of benzene rings is 1. The van der Waals surface area contributed by atoms with Crippen LogP contribution in [-0.4, -0.2) is 40.6 Å². The van der Waals surface area contributed by atoms with Gasteiger partial charge in [-0.25, -0.2) is 0 Å². The van der Waals surface area contributed by atoms with Crippen molar-refractivity contribution in [3.63, 3.8) is 0 Å². The lowest BCUT2D eigenvalue weighted by Crippen LogP contribution is -2.50. The van der Waals surface area contributed by atoms with Crippen molar-refractivity contribution in [2.24, 2.45) is 0 Å². The van der Waals surface area contributed by atoms with E-state index in [1.165, 1.54) is 6.08 Å². The summed E-state index contributed by atoms with van der Waals surface area (Å²) in [6.45, 7) is 0.206. The number of nitrogens with one attached hydrogen (secondary N) is 1. The molecule has 3 N–H and O–H groups in total. The third kappa shape index (κ3) is 1.73. The molecule has 2 bridgehead atoms. The summed E-state index contributed by atoms with van der Waals surface area (Å²) in [5.74, 6) is -1.58. The van der Waals surface area contributed by atoms with Crippen LogP contribution in [0.1, 0.15) is 12.0 Å². The van der Waals surface area contributed by atoms with Crippen LogP contribution in [0.2, 0.25) is 0 Å². The highest BCUT2D eigenvalue weighted by molar-refractivity contribution is 5.99. The van der Waals surface area contributed by atoms with E-state index in [0.717, 1.165) is 11.3 Å². The minimum absolute atomic E-state index is 0.0750. The van der Waals surface area contributed by atoms with E-state index in [9.17, 15) is 9.90 Å². The van der Waals surface area contributed by atoms with Crippen molar-refractivity contribution in [3.05, 3.63) is 35.5 Å². The quantitative estimate of drug-likeness (QED) is 0.727. The van der Waals surface area contributed by atoms with Gasteiger partial charge < -0.3 is 25.0 Å². The molecule has 2 heterocycles. The van der Waals surface area contributed by atoms with E-state index < -0.39 is 17.2 Å². The van der Waals surface area contributed by atoms with Crippen LogP contribution < -0.4 is 10.1 Å². The Labute approximate surface area is 121 Å². The van der Waals surface area contributed by atoms with Gasteiger partial charge in [0.2, 0.25) is 11.6 Å². The lowest BCUT2D eigenvalue weighted by Gasteiger charge is -2.39. The number of hydrogen-bond donors (Lipinski definition) is 3. The van der Waals surface area contributed by atoms with Crippen molar-refractivity contribution >= 4 is 11.5 Å². The van der Waals surface area contributed by atoms with Gasteiger partial charge in [0, 0.05) is 12.7 Å². The van der Waals surface area contributed by atoms with Gasteiger partial charge in [0.25, 0.3) is 0 Å². The summed E-state index contributed by atoms with van der Waals surface area (Å²) in [5, 5.41) is 22.3. The van der Waals surface area contributed by atoms with Crippen LogP contribution in [0.15, 0.2) is 30.0 Å². The molecule has 0 radical (unpaired) electrons. The molecule has 2 aliphatic heterocycles. The van der Waals surface area contributed by atoms with Crippen LogP contribution in [0, 0.1) is 0 Å². The summed E-state index contributed by atoms with van der Waals surface area (Å²) in [6.07, 6.45) is 2.01. The minimum Gasteiger partial charge on any atom is -0.476 e. The van der Waals surface area contributed by atoms with Crippen molar-refractivity contribution < 1.29 is 24.5 Å². The molecule has 110 valence electrons. The van der Waals surface area contributed by atoms with Crippen molar-refractivity contribution in [3.8, 4) is 5.75 Å². The number of carbonyl (C=O) groups is 1. The molecule has 2 atom stereocenters. The number of ketones is 1. The predicted molar refractivity (Wildman–Crippen MR) is 72.8 cm³/mol. The number of fused-ring (bicyclic) bond motifs is 2. The molecule has 0 unspecified atom stereocenters. The first kappa shape index (κ1) is 12.8. The second-order valence-electron chi connectivity index (χ2n) is 5.70. The van der Waals surface area contributed by atoms with Gasteiger partial charge in [-0.1, -0.05) is 6.07 Å². The van der Waals surface area contributed by atoms with Gasteiger partial charge in [0.15, 0.2) is 5.60 Å². The Balaban J connectivity index is 1.76. The smallest absolute Gasteiger partial charge is 0.235 e. The molecule has 1 aliphatic carbocycles. The maximum atomic E-state index is 11.9. The van der Waals surface area contributed by atoms with Crippen LogP contribution >= 0.6 is 0 Å². The molecule has 1 spiro atoms. The summed E-state index contributed by atoms with van der Waals surface area (Å²) >= 11 is 0. The van der Waals surface area contributed by atoms with Crippen molar-refractivity contribution in [2.45, 2.75) is 24.2 Å². The van der Waals surface area contributed by atoms with E-state index in [-0.39, 0.29) is 19.6 Å². The molecule has 1 saturated heterocycles. The van der Waals surface area contributed by atoms with E-state index in [0.29, 0.717) is 17.9 Å². The van der Waals surface area contributed by atoms with Crippen LogP contribution in [0.3, 0.4) is 0 Å². The minimum atomic E-state index is -1.76. The summed E-state index contributed by atoms with van der Waals surface area (Å²) < 4.78 is 11.3. The largest absolute Gasteiger partial charge is 0.476 e. The van der Waals surface area contributed by atoms with Gasteiger partial charge in [-0.3, -0.25) is 4.79 Å². The first-order valence-corrected chi connectivity index (χ1v) is 6.87. The Bertz CT molecular complexity index is 670. The molecule has 3 aliphatic rings. The highest BCUT2D eigenvalue weighted by Crippen LogP contribution is 2.49. The van der Waals surface area contributed by atoms with Crippen LogP contribution in [-0.2, 0) is 16.0 Å². The number of ether oxygens (including phenoxy) is 2. The zero-order valence-corrected chi connectivity index (χ0v) is 11.3. The van der Waals surface area contributed by atoms with E-state index in [1.54, 1.807) is 0 Å². The monoisotopic (exact) mass is 289 g/mol. The highest BCUT2D eigenvalue weighted by Gasteiger charge is 2.61. The zero-order chi connectivity index (χ0) is 14.7. The second-order valence-corrected chi connectivity index (χ2v) is 5.70. The molecule has 1 aromatic rings. The fraction of sp³-hybridized carbons (Fsp3) is 0.400. The molecule has 6 heteroatoms. The molecule has 0 amide bonds. The van der Waals surface area contributed by atoms with Gasteiger partial charge in [0.05, 0.1) is 24.4 Å². The van der Waals surface area contributed by atoms with Crippen molar-refractivity contribution in [1.29, 1.82) is 0 Å². The summed E-state index contributed by atoms with van der Waals surface area (Å²) in [5.41, 5.74) is 1.52. The van der Waals surface area contributed by atoms with Gasteiger partial charge >= 0.3 is 0 Å². The third-order valence-electron chi connectivity index (χ3n) is 4.24. The summed E-state index contributed by atoms with van der Waals surface area (Å²) in [7, 11) is 0. The van der Waals surface area contributed by atoms with Crippen LogP contribution in [0.5, 0.6) is 5.75 Å². The molecule has 1 aromatic carbocycles. The molecule has 0 saturated carbocycles. The average Bonchev–Trinajstić information content (AvgIpc) is 2.75. The number of anilines is 1. The number of hydrogen-bond acceptors (Lipinski definition) is 6. The molecular formula is C15H15NO5. The first-order valence-electron chi connectivity index (χ1n) is 6.87. The first-order chi connectivity index (χ1) is 10.0. The van der Waals surface area contributed by atoms with Crippen molar-refractivity contribution in [2.75, 3.05) is 18.5 Å². The number of aliphatic hydroxyl groups is 2. The Hall–Kier alpha value is -1.89. The van der Waals surface area contributed by atoms with Gasteiger partial charge in [-0.2, -0.15) is 0 Å². The van der Waals surface area contributed by atoms with Gasteiger partial charge in [-0.15, -0.1) is 0 Å². The lowest BCUT2D eigenvalue weighted by molar-refractivity contribution is -0.181. The Morgan fingerprint density at radius 3 is 3.05 bits per heavy atom. The Kier molecular flexibility index (Phi) is 2.48. The topological polar surface area (TPSA) is 88.0 Å². The fourth-order valence-electron chi connectivity index (χ4n) is 3.11. The zero-order valence-electron chi connectivity index (χ0n) is 11.3. The van der Waals surface area contributed by atoms with E-state index >= 15 is 0 Å². The van der Waals surface area contributed by atoms with E-state index in [2.05, 4.69) is 5.32 Å². The molecular weight excluding hydrogens is 274 g/mol. The summed E-state index contributed by atoms with van der Waals surface area (Å²) in [4.78, 5) is 11.9. The molecule has 0 aromatic heterocycles. The Morgan fingerprint density at radius 1 is 1.38 bits per heavy atom. The third-order valence-corrected chi connectivity index (χ3v) is 4.24.